The maximum Gasteiger partial charge on any atom is 0.295 e. The third kappa shape index (κ3) is 4.97. The Balaban J connectivity index is 1.82. The summed E-state index contributed by atoms with van der Waals surface area (Å²) < 4.78 is 5.61. The van der Waals surface area contributed by atoms with Crippen LogP contribution < -0.4 is 4.74 Å². The Bertz CT molecular complexity index is 1260. The van der Waals surface area contributed by atoms with Gasteiger partial charge in [-0.25, -0.2) is 0 Å². The van der Waals surface area contributed by atoms with Crippen molar-refractivity contribution in [3.63, 3.8) is 0 Å². The molecule has 1 unspecified atom stereocenters. The fourth-order valence-corrected chi connectivity index (χ4v) is 4.32. The molecule has 1 aliphatic heterocycles. The monoisotopic (exact) mass is 470 g/mol. The van der Waals surface area contributed by atoms with Gasteiger partial charge in [-0.1, -0.05) is 57.2 Å². The number of nitrogens with zero attached hydrogens (tertiary/aromatic N) is 2. The molecule has 1 fully saturated rings. The van der Waals surface area contributed by atoms with E-state index in [0.717, 1.165) is 16.7 Å². The van der Waals surface area contributed by atoms with E-state index in [1.165, 1.54) is 17.3 Å². The molecule has 0 radical (unpaired) electrons. The predicted octanol–water partition coefficient (Wildman–Crippen LogP) is 5.40. The summed E-state index contributed by atoms with van der Waals surface area (Å²) in [6.45, 7) is 9.02. The third-order valence-electron chi connectivity index (χ3n) is 6.15. The van der Waals surface area contributed by atoms with Gasteiger partial charge >= 0.3 is 0 Å². The molecule has 2 aromatic carbocycles. The van der Waals surface area contributed by atoms with E-state index in [1.807, 2.05) is 55.5 Å². The van der Waals surface area contributed by atoms with Crippen molar-refractivity contribution in [3.8, 4) is 5.75 Å². The van der Waals surface area contributed by atoms with E-state index in [-0.39, 0.29) is 23.3 Å². The Labute approximate surface area is 205 Å². The molecule has 0 spiro atoms. The molecule has 180 valence electrons. The maximum absolute atomic E-state index is 13.3. The second kappa shape index (κ2) is 9.74. The minimum absolute atomic E-state index is 0.0445. The number of carbonyl (C=O) groups is 2. The molecule has 6 heteroatoms. The van der Waals surface area contributed by atoms with Crippen LogP contribution in [0.15, 0.2) is 78.6 Å². The number of hydrogen-bond acceptors (Lipinski definition) is 5. The van der Waals surface area contributed by atoms with Crippen molar-refractivity contribution >= 4 is 17.4 Å². The van der Waals surface area contributed by atoms with E-state index >= 15 is 0 Å². The fraction of sp³-hybridized carbons (Fsp3) is 0.276. The van der Waals surface area contributed by atoms with Crippen molar-refractivity contribution in [2.75, 3.05) is 6.61 Å². The van der Waals surface area contributed by atoms with Crippen molar-refractivity contribution in [3.05, 3.63) is 101 Å². The topological polar surface area (TPSA) is 79.7 Å². The molecular weight excluding hydrogens is 440 g/mol. The molecule has 35 heavy (non-hydrogen) atoms. The second-order valence-corrected chi connectivity index (χ2v) is 9.62. The van der Waals surface area contributed by atoms with Crippen LogP contribution in [0.25, 0.3) is 5.76 Å². The summed E-state index contributed by atoms with van der Waals surface area (Å²) >= 11 is 0. The van der Waals surface area contributed by atoms with Crippen LogP contribution in [0.4, 0.5) is 0 Å². The smallest absolute Gasteiger partial charge is 0.295 e. The zero-order valence-electron chi connectivity index (χ0n) is 20.5. The Hall–Kier alpha value is -3.93. The number of amides is 1. The first-order valence-electron chi connectivity index (χ1n) is 11.7. The number of carbonyl (C=O) groups excluding carboxylic acids is 2. The highest BCUT2D eigenvalue weighted by atomic mass is 16.5. The van der Waals surface area contributed by atoms with E-state index in [9.17, 15) is 14.7 Å². The van der Waals surface area contributed by atoms with E-state index in [1.54, 1.807) is 12.1 Å². The minimum atomic E-state index is -0.729. The Morgan fingerprint density at radius 2 is 1.71 bits per heavy atom. The number of hydrogen-bond donors (Lipinski definition) is 1. The number of aliphatic hydroxyl groups is 1. The van der Waals surface area contributed by atoms with E-state index < -0.39 is 17.7 Å². The normalized spacial score (nSPS) is 17.6. The van der Waals surface area contributed by atoms with Crippen LogP contribution in [-0.4, -0.2) is 33.3 Å². The highest BCUT2D eigenvalue weighted by Gasteiger charge is 2.46. The Morgan fingerprint density at radius 1 is 1.03 bits per heavy atom. The van der Waals surface area contributed by atoms with Gasteiger partial charge in [-0.2, -0.15) is 0 Å². The number of benzene rings is 2. The predicted molar refractivity (Wildman–Crippen MR) is 135 cm³/mol. The van der Waals surface area contributed by atoms with Gasteiger partial charge in [0.05, 0.1) is 18.2 Å². The van der Waals surface area contributed by atoms with Crippen LogP contribution in [0.2, 0.25) is 0 Å². The minimum Gasteiger partial charge on any atom is -0.507 e. The summed E-state index contributed by atoms with van der Waals surface area (Å²) in [6, 6.07) is 17.9. The standard InChI is InChI=1S/C29H30N2O4/c1-5-35-23-8-6-7-19(17-23)18-31-25(20-9-11-22(12-10-20)29(2,3)4)24(27(33)28(31)34)26(32)21-13-15-30-16-14-21/h6-17,25,32H,5,18H2,1-4H3/b26-24-. The summed E-state index contributed by atoms with van der Waals surface area (Å²) in [5.74, 6) is -0.858. The van der Waals surface area contributed by atoms with E-state index in [2.05, 4.69) is 25.8 Å². The van der Waals surface area contributed by atoms with Gasteiger partial charge in [0.2, 0.25) is 0 Å². The van der Waals surface area contributed by atoms with Gasteiger partial charge < -0.3 is 14.7 Å². The first-order valence-corrected chi connectivity index (χ1v) is 11.7. The number of ether oxygens (including phenoxy) is 1. The molecular formula is C29H30N2O4. The molecule has 4 rings (SSSR count). The Morgan fingerprint density at radius 3 is 2.34 bits per heavy atom. The Kier molecular flexibility index (Phi) is 6.74. The largest absolute Gasteiger partial charge is 0.507 e. The fourth-order valence-electron chi connectivity index (χ4n) is 4.32. The number of likely N-dealkylation sites (tertiary alicyclic amines) is 1. The second-order valence-electron chi connectivity index (χ2n) is 9.62. The van der Waals surface area contributed by atoms with Crippen molar-refractivity contribution in [1.82, 2.24) is 9.88 Å². The van der Waals surface area contributed by atoms with Crippen LogP contribution in [0.3, 0.4) is 0 Å². The molecule has 6 nitrogen and oxygen atoms in total. The number of Topliss-reactive ketones (excluding diaryl/α,β-unsaturated/α-hetero) is 1. The number of ketones is 1. The van der Waals surface area contributed by atoms with Crippen molar-refractivity contribution in [1.29, 1.82) is 0 Å². The lowest BCUT2D eigenvalue weighted by molar-refractivity contribution is -0.140. The van der Waals surface area contributed by atoms with Crippen molar-refractivity contribution in [2.24, 2.45) is 0 Å². The molecule has 2 heterocycles. The molecule has 3 aromatic rings. The summed E-state index contributed by atoms with van der Waals surface area (Å²) in [7, 11) is 0. The lowest BCUT2D eigenvalue weighted by atomic mass is 9.85. The number of aliphatic hydroxyl groups excluding tert-OH is 1. The number of pyridine rings is 1. The first kappa shape index (κ1) is 24.2. The van der Waals surface area contributed by atoms with Gasteiger partial charge in [0.15, 0.2) is 0 Å². The molecule has 1 aromatic heterocycles. The zero-order valence-corrected chi connectivity index (χ0v) is 20.5. The molecule has 1 atom stereocenters. The SMILES string of the molecule is CCOc1cccc(CN2C(=O)C(=O)/C(=C(\O)c3ccncc3)C2c2ccc(C(C)(C)C)cc2)c1. The van der Waals surface area contributed by atoms with Gasteiger partial charge in [0, 0.05) is 24.5 Å². The zero-order chi connectivity index (χ0) is 25.2. The van der Waals surface area contributed by atoms with Crippen LogP contribution in [0.1, 0.15) is 56.0 Å². The van der Waals surface area contributed by atoms with Gasteiger partial charge in [-0.3, -0.25) is 14.6 Å². The van der Waals surface area contributed by atoms with Gasteiger partial charge in [-0.15, -0.1) is 0 Å². The number of rotatable bonds is 6. The highest BCUT2D eigenvalue weighted by Crippen LogP contribution is 2.41. The average Bonchev–Trinajstić information content (AvgIpc) is 3.09. The van der Waals surface area contributed by atoms with Gasteiger partial charge in [-0.05, 0) is 53.3 Å². The average molecular weight is 471 g/mol. The summed E-state index contributed by atoms with van der Waals surface area (Å²) in [6.07, 6.45) is 3.08. The highest BCUT2D eigenvalue weighted by molar-refractivity contribution is 6.46. The summed E-state index contributed by atoms with van der Waals surface area (Å²) in [5, 5.41) is 11.2. The van der Waals surface area contributed by atoms with Gasteiger partial charge in [0.1, 0.15) is 11.5 Å². The molecule has 1 N–H and O–H groups in total. The van der Waals surface area contributed by atoms with Crippen LogP contribution >= 0.6 is 0 Å². The molecule has 1 saturated heterocycles. The molecule has 0 saturated carbocycles. The number of aromatic nitrogens is 1. The third-order valence-corrected chi connectivity index (χ3v) is 6.15. The van der Waals surface area contributed by atoms with Crippen molar-refractivity contribution in [2.45, 2.75) is 45.7 Å². The van der Waals surface area contributed by atoms with Gasteiger partial charge in [0.25, 0.3) is 11.7 Å². The lowest BCUT2D eigenvalue weighted by Gasteiger charge is -2.27. The van der Waals surface area contributed by atoms with E-state index in [4.69, 9.17) is 4.74 Å². The van der Waals surface area contributed by atoms with Crippen LogP contribution in [0, 0.1) is 0 Å². The molecule has 0 aliphatic carbocycles. The van der Waals surface area contributed by atoms with E-state index in [0.29, 0.717) is 17.9 Å². The lowest BCUT2D eigenvalue weighted by Crippen LogP contribution is -2.29. The molecule has 0 bridgehead atoms. The quantitative estimate of drug-likeness (QED) is 0.296. The first-order chi connectivity index (χ1) is 16.7. The summed E-state index contributed by atoms with van der Waals surface area (Å²) in [5.41, 5.74) is 3.19. The molecule has 1 aliphatic rings. The maximum atomic E-state index is 13.3. The summed E-state index contributed by atoms with van der Waals surface area (Å²) in [4.78, 5) is 32.0. The van der Waals surface area contributed by atoms with Crippen molar-refractivity contribution < 1.29 is 19.4 Å². The van der Waals surface area contributed by atoms with Crippen LogP contribution in [0.5, 0.6) is 5.75 Å². The molecule has 1 amide bonds. The van der Waals surface area contributed by atoms with Crippen LogP contribution in [-0.2, 0) is 21.5 Å².